The molecule has 4 aromatic rings. The molecule has 0 aliphatic carbocycles. The van der Waals surface area contributed by atoms with Crippen molar-refractivity contribution in [3.8, 4) is 22.8 Å². The van der Waals surface area contributed by atoms with Gasteiger partial charge in [0.1, 0.15) is 5.60 Å². The number of esters is 1. The summed E-state index contributed by atoms with van der Waals surface area (Å²) < 4.78 is 5.54. The third kappa shape index (κ3) is 7.78. The molecule has 0 saturated heterocycles. The molecule has 4 rings (SSSR count). The van der Waals surface area contributed by atoms with Crippen molar-refractivity contribution < 1.29 is 14.3 Å². The van der Waals surface area contributed by atoms with E-state index in [1.54, 1.807) is 12.4 Å². The van der Waals surface area contributed by atoms with Crippen LogP contribution in [0.15, 0.2) is 60.9 Å². The number of nitrogens with one attached hydrogen (secondary N) is 2. The van der Waals surface area contributed by atoms with Crippen molar-refractivity contribution in [1.82, 2.24) is 35.9 Å². The number of tetrazole rings is 1. The van der Waals surface area contributed by atoms with Gasteiger partial charge in [-0.2, -0.15) is 5.21 Å². The van der Waals surface area contributed by atoms with Crippen molar-refractivity contribution in [2.24, 2.45) is 0 Å². The van der Waals surface area contributed by atoms with Crippen LogP contribution in [0.2, 0.25) is 0 Å². The monoisotopic (exact) mass is 541 g/mol. The molecule has 208 valence electrons. The van der Waals surface area contributed by atoms with E-state index in [4.69, 9.17) is 4.74 Å². The Labute approximate surface area is 234 Å². The number of nitrogens with zero attached hydrogens (tertiary/aromatic N) is 5. The summed E-state index contributed by atoms with van der Waals surface area (Å²) in [5.41, 5.74) is 3.49. The number of hydrogen-bond donors (Lipinski definition) is 2. The highest BCUT2D eigenvalue weighted by atomic mass is 16.6. The van der Waals surface area contributed by atoms with E-state index in [1.165, 1.54) is 0 Å². The molecule has 2 heterocycles. The summed E-state index contributed by atoms with van der Waals surface area (Å²) in [6.45, 7) is 11.9. The van der Waals surface area contributed by atoms with Gasteiger partial charge in [0.25, 0.3) is 5.91 Å². The minimum atomic E-state index is -0.616. The van der Waals surface area contributed by atoms with Crippen LogP contribution in [0.3, 0.4) is 0 Å². The van der Waals surface area contributed by atoms with Crippen molar-refractivity contribution in [3.05, 3.63) is 77.6 Å². The van der Waals surface area contributed by atoms with E-state index in [1.807, 2.05) is 69.3 Å². The molecule has 2 aromatic carbocycles. The maximum absolute atomic E-state index is 13.1. The van der Waals surface area contributed by atoms with Crippen LogP contribution in [0.5, 0.6) is 0 Å². The highest BCUT2D eigenvalue weighted by molar-refractivity contribution is 5.94. The third-order valence-corrected chi connectivity index (χ3v) is 6.13. The Bertz CT molecular complexity index is 1420. The van der Waals surface area contributed by atoms with Gasteiger partial charge in [-0.3, -0.25) is 9.59 Å². The van der Waals surface area contributed by atoms with E-state index >= 15 is 0 Å². The molecule has 1 atom stereocenters. The summed E-state index contributed by atoms with van der Waals surface area (Å²) >= 11 is 0. The first kappa shape index (κ1) is 28.5. The normalized spacial score (nSPS) is 12.6. The lowest BCUT2D eigenvalue weighted by molar-refractivity contribution is -0.155. The van der Waals surface area contributed by atoms with E-state index in [0.29, 0.717) is 29.2 Å². The zero-order valence-electron chi connectivity index (χ0n) is 23.7. The van der Waals surface area contributed by atoms with E-state index in [9.17, 15) is 9.59 Å². The standard InChI is InChI=1S/C30H35N7O3/c1-29(2,3)23-13-11-21(12-14-23)28(39)33-24(16-25(38)40-30(4,5)6)15-19-7-9-20(10-8-19)26-31-17-22(18-32-26)27-34-36-37-35-27/h7-14,17-18,24H,15-16H2,1-6H3,(H,33,39)(H,34,35,36,37)/t24-/m0/s1. The summed E-state index contributed by atoms with van der Waals surface area (Å²) in [6, 6.07) is 14.8. The minimum absolute atomic E-state index is 0.0122. The summed E-state index contributed by atoms with van der Waals surface area (Å²) in [5.74, 6) is 0.370. The summed E-state index contributed by atoms with van der Waals surface area (Å²) in [4.78, 5) is 34.6. The Morgan fingerprint density at radius 2 is 1.52 bits per heavy atom. The van der Waals surface area contributed by atoms with Gasteiger partial charge in [-0.25, -0.2) is 9.97 Å². The van der Waals surface area contributed by atoms with Crippen LogP contribution in [-0.2, 0) is 21.4 Å². The van der Waals surface area contributed by atoms with Gasteiger partial charge in [0.15, 0.2) is 5.82 Å². The maximum Gasteiger partial charge on any atom is 0.308 e. The number of aromatic amines is 1. The second kappa shape index (κ2) is 11.7. The zero-order chi connectivity index (χ0) is 28.9. The van der Waals surface area contributed by atoms with Gasteiger partial charge in [0.05, 0.1) is 12.0 Å². The third-order valence-electron chi connectivity index (χ3n) is 6.13. The van der Waals surface area contributed by atoms with Gasteiger partial charge in [0, 0.05) is 29.6 Å². The fourth-order valence-corrected chi connectivity index (χ4v) is 4.10. The van der Waals surface area contributed by atoms with Crippen molar-refractivity contribution in [2.75, 3.05) is 0 Å². The molecular weight excluding hydrogens is 506 g/mol. The first-order valence-corrected chi connectivity index (χ1v) is 13.2. The Morgan fingerprint density at radius 1 is 0.875 bits per heavy atom. The largest absolute Gasteiger partial charge is 0.460 e. The van der Waals surface area contributed by atoms with Crippen LogP contribution in [0, 0.1) is 0 Å². The highest BCUT2D eigenvalue weighted by Crippen LogP contribution is 2.23. The molecule has 0 fully saturated rings. The molecule has 0 radical (unpaired) electrons. The van der Waals surface area contributed by atoms with Gasteiger partial charge >= 0.3 is 5.97 Å². The van der Waals surface area contributed by atoms with Crippen molar-refractivity contribution in [3.63, 3.8) is 0 Å². The Kier molecular flexibility index (Phi) is 8.37. The van der Waals surface area contributed by atoms with Gasteiger partial charge in [-0.1, -0.05) is 57.2 Å². The molecule has 10 nitrogen and oxygen atoms in total. The lowest BCUT2D eigenvalue weighted by Crippen LogP contribution is -2.39. The van der Waals surface area contributed by atoms with Gasteiger partial charge < -0.3 is 10.1 Å². The quantitative estimate of drug-likeness (QED) is 0.307. The molecule has 2 N–H and O–H groups in total. The van der Waals surface area contributed by atoms with E-state index < -0.39 is 11.6 Å². The lowest BCUT2D eigenvalue weighted by Gasteiger charge is -2.23. The van der Waals surface area contributed by atoms with Gasteiger partial charge in [-0.05, 0) is 61.1 Å². The molecule has 0 spiro atoms. The van der Waals surface area contributed by atoms with Crippen LogP contribution < -0.4 is 5.32 Å². The minimum Gasteiger partial charge on any atom is -0.460 e. The van der Waals surface area contributed by atoms with Crippen LogP contribution >= 0.6 is 0 Å². The Hall–Kier alpha value is -4.47. The highest BCUT2D eigenvalue weighted by Gasteiger charge is 2.23. The molecule has 0 aliphatic rings. The molecule has 0 unspecified atom stereocenters. The average molecular weight is 542 g/mol. The summed E-state index contributed by atoms with van der Waals surface area (Å²) in [6.07, 6.45) is 3.78. The van der Waals surface area contributed by atoms with E-state index in [2.05, 4.69) is 56.7 Å². The van der Waals surface area contributed by atoms with Crippen LogP contribution in [-0.4, -0.2) is 54.1 Å². The van der Waals surface area contributed by atoms with Gasteiger partial charge in [-0.15, -0.1) is 10.2 Å². The fourth-order valence-electron chi connectivity index (χ4n) is 4.10. The Balaban J connectivity index is 1.47. The number of ether oxygens (including phenoxy) is 1. The first-order valence-electron chi connectivity index (χ1n) is 13.2. The van der Waals surface area contributed by atoms with Gasteiger partial charge in [0.2, 0.25) is 5.82 Å². The maximum atomic E-state index is 13.1. The number of hydrogen-bond acceptors (Lipinski definition) is 8. The fraction of sp³-hybridized carbons (Fsp3) is 0.367. The number of aromatic nitrogens is 6. The summed E-state index contributed by atoms with van der Waals surface area (Å²) in [7, 11) is 0. The topological polar surface area (TPSA) is 136 Å². The lowest BCUT2D eigenvalue weighted by atomic mass is 9.86. The number of H-pyrrole nitrogens is 1. The molecule has 0 aliphatic heterocycles. The molecule has 10 heteroatoms. The smallest absolute Gasteiger partial charge is 0.308 e. The Morgan fingerprint density at radius 3 is 2.08 bits per heavy atom. The molecule has 0 saturated carbocycles. The number of amides is 1. The number of carbonyl (C=O) groups excluding carboxylic acids is 2. The molecular formula is C30H35N7O3. The average Bonchev–Trinajstić information content (AvgIpc) is 3.43. The van der Waals surface area contributed by atoms with Crippen molar-refractivity contribution in [1.29, 1.82) is 0 Å². The van der Waals surface area contributed by atoms with Crippen LogP contribution in [0.25, 0.3) is 22.8 Å². The predicted molar refractivity (Wildman–Crippen MR) is 151 cm³/mol. The number of rotatable bonds is 8. The predicted octanol–water partition coefficient (Wildman–Crippen LogP) is 4.69. The first-order chi connectivity index (χ1) is 18.9. The number of carbonyl (C=O) groups is 2. The SMILES string of the molecule is CC(C)(C)OC(=O)C[C@H](Cc1ccc(-c2ncc(-c3nn[nH]n3)cn2)cc1)NC(=O)c1ccc(C(C)(C)C)cc1. The molecule has 40 heavy (non-hydrogen) atoms. The van der Waals surface area contributed by atoms with Crippen molar-refractivity contribution >= 4 is 11.9 Å². The van der Waals surface area contributed by atoms with Crippen LogP contribution in [0.1, 0.15) is 69.4 Å². The van der Waals surface area contributed by atoms with Crippen LogP contribution in [0.4, 0.5) is 0 Å². The number of benzene rings is 2. The van der Waals surface area contributed by atoms with Crippen molar-refractivity contribution in [2.45, 2.75) is 71.4 Å². The molecule has 0 bridgehead atoms. The van der Waals surface area contributed by atoms with E-state index in [0.717, 1.165) is 16.7 Å². The zero-order valence-corrected chi connectivity index (χ0v) is 23.7. The molecule has 1 amide bonds. The second-order valence-corrected chi connectivity index (χ2v) is 11.7. The second-order valence-electron chi connectivity index (χ2n) is 11.7. The molecule has 2 aromatic heterocycles. The van der Waals surface area contributed by atoms with E-state index in [-0.39, 0.29) is 23.7 Å². The summed E-state index contributed by atoms with van der Waals surface area (Å²) in [5, 5.41) is 16.9.